The molecule has 3 fully saturated rings. The van der Waals surface area contributed by atoms with Crippen molar-refractivity contribution in [1.29, 1.82) is 0 Å². The maximum Gasteiger partial charge on any atom is 0.311 e. The molecule has 2 aliphatic carbocycles. The zero-order chi connectivity index (χ0) is 17.6. The third-order valence-corrected chi connectivity index (χ3v) is 6.74. The third-order valence-electron chi connectivity index (χ3n) is 6.74. The van der Waals surface area contributed by atoms with Crippen LogP contribution >= 0.6 is 0 Å². The molecule has 5 nitrogen and oxygen atoms in total. The van der Waals surface area contributed by atoms with Crippen LogP contribution in [0, 0.1) is 23.2 Å². The van der Waals surface area contributed by atoms with Crippen molar-refractivity contribution in [1.82, 2.24) is 4.90 Å². The lowest BCUT2D eigenvalue weighted by atomic mass is 9.59. The van der Waals surface area contributed by atoms with Gasteiger partial charge in [0, 0.05) is 19.0 Å². The van der Waals surface area contributed by atoms with Crippen molar-refractivity contribution in [3.8, 4) is 0 Å². The molecule has 2 aliphatic heterocycles. The van der Waals surface area contributed by atoms with Crippen LogP contribution in [0.4, 0.5) is 0 Å². The second-order valence-electron chi connectivity index (χ2n) is 8.73. The van der Waals surface area contributed by atoms with Gasteiger partial charge in [-0.15, -0.1) is 0 Å². The zero-order valence-electron chi connectivity index (χ0n) is 15.7. The summed E-state index contributed by atoms with van der Waals surface area (Å²) in [6, 6.07) is 0. The summed E-state index contributed by atoms with van der Waals surface area (Å²) >= 11 is 0. The van der Waals surface area contributed by atoms with Crippen LogP contribution in [-0.4, -0.2) is 56.6 Å². The largest absolute Gasteiger partial charge is 0.461 e. The Kier molecular flexibility index (Phi) is 4.67. The first-order valence-electron chi connectivity index (χ1n) is 9.81. The Hall–Kier alpha value is -0.910. The number of fused-ring (bicyclic) bond motifs is 2. The van der Waals surface area contributed by atoms with Crippen LogP contribution in [-0.2, 0) is 19.0 Å². The number of hydrogen-bond acceptors (Lipinski definition) is 5. The summed E-state index contributed by atoms with van der Waals surface area (Å²) in [5.74, 6) is 0.766. The number of esters is 1. The minimum atomic E-state index is -0.162. The van der Waals surface area contributed by atoms with Crippen LogP contribution < -0.4 is 0 Å². The first kappa shape index (κ1) is 17.5. The second kappa shape index (κ2) is 6.67. The van der Waals surface area contributed by atoms with Gasteiger partial charge < -0.3 is 19.1 Å². The van der Waals surface area contributed by atoms with Gasteiger partial charge in [0.25, 0.3) is 0 Å². The van der Waals surface area contributed by atoms with Gasteiger partial charge >= 0.3 is 5.97 Å². The Morgan fingerprint density at radius 2 is 2.04 bits per heavy atom. The highest BCUT2D eigenvalue weighted by Crippen LogP contribution is 2.53. The van der Waals surface area contributed by atoms with Crippen molar-refractivity contribution in [2.75, 3.05) is 33.4 Å². The standard InChI is InChI=1S/C20H31NO4/c1-13-5-4-6-20(2)10-17-14(9-16(13)20)15(19(22)25-17)11-21(3)12-18-23-7-8-24-18/h9,13-15,17-18H,4-8,10-12H2,1-3H3/t13-,14+,15?,17+,20+/m0/s1. The summed E-state index contributed by atoms with van der Waals surface area (Å²) in [5, 5.41) is 0. The van der Waals surface area contributed by atoms with E-state index in [4.69, 9.17) is 14.2 Å². The lowest BCUT2D eigenvalue weighted by molar-refractivity contribution is -0.145. The molecule has 4 rings (SSSR count). The Labute approximate surface area is 150 Å². The van der Waals surface area contributed by atoms with Gasteiger partial charge in [0.15, 0.2) is 6.29 Å². The molecule has 0 bridgehead atoms. The average Bonchev–Trinajstić information content (AvgIpc) is 3.14. The monoisotopic (exact) mass is 349 g/mol. The predicted octanol–water partition coefficient (Wildman–Crippen LogP) is 2.61. The molecule has 0 radical (unpaired) electrons. The van der Waals surface area contributed by atoms with E-state index >= 15 is 0 Å². The van der Waals surface area contributed by atoms with Gasteiger partial charge in [0.05, 0.1) is 19.1 Å². The highest BCUT2D eigenvalue weighted by atomic mass is 16.7. The molecule has 0 amide bonds. The molecular weight excluding hydrogens is 318 g/mol. The molecule has 2 saturated heterocycles. The molecule has 5 atom stereocenters. The lowest BCUT2D eigenvalue weighted by Gasteiger charge is -2.46. The molecular formula is C20H31NO4. The van der Waals surface area contributed by atoms with Crippen LogP contribution in [0.3, 0.4) is 0 Å². The Balaban J connectivity index is 1.48. The summed E-state index contributed by atoms with van der Waals surface area (Å²) in [6.45, 7) is 7.45. The lowest BCUT2D eigenvalue weighted by Crippen LogP contribution is -2.41. The van der Waals surface area contributed by atoms with Gasteiger partial charge in [0.2, 0.25) is 0 Å². The predicted molar refractivity (Wildman–Crippen MR) is 93.9 cm³/mol. The van der Waals surface area contributed by atoms with Crippen molar-refractivity contribution >= 4 is 5.97 Å². The van der Waals surface area contributed by atoms with Crippen LogP contribution in [0.25, 0.3) is 0 Å². The topological polar surface area (TPSA) is 48.0 Å². The van der Waals surface area contributed by atoms with E-state index in [9.17, 15) is 4.79 Å². The number of allylic oxidation sites excluding steroid dienone is 1. The van der Waals surface area contributed by atoms with E-state index in [-0.39, 0.29) is 35.6 Å². The Morgan fingerprint density at radius 3 is 2.80 bits per heavy atom. The van der Waals surface area contributed by atoms with Gasteiger partial charge in [0.1, 0.15) is 6.10 Å². The fourth-order valence-electron chi connectivity index (χ4n) is 5.44. The molecule has 0 N–H and O–H groups in total. The molecule has 0 aromatic rings. The van der Waals surface area contributed by atoms with Gasteiger partial charge in [-0.05, 0) is 37.6 Å². The van der Waals surface area contributed by atoms with Crippen molar-refractivity contribution in [2.45, 2.75) is 51.9 Å². The number of nitrogens with zero attached hydrogens (tertiary/aromatic N) is 1. The number of hydrogen-bond donors (Lipinski definition) is 0. The zero-order valence-corrected chi connectivity index (χ0v) is 15.7. The number of carbonyl (C=O) groups is 1. The van der Waals surface area contributed by atoms with Gasteiger partial charge in [-0.1, -0.05) is 31.9 Å². The molecule has 5 heteroatoms. The minimum Gasteiger partial charge on any atom is -0.461 e. The van der Waals surface area contributed by atoms with Crippen molar-refractivity contribution < 1.29 is 19.0 Å². The Morgan fingerprint density at radius 1 is 1.28 bits per heavy atom. The normalized spacial score (nSPS) is 41.4. The van der Waals surface area contributed by atoms with Crippen molar-refractivity contribution in [3.63, 3.8) is 0 Å². The summed E-state index contributed by atoms with van der Waals surface area (Å²) in [5.41, 5.74) is 1.80. The number of likely N-dealkylation sites (N-methyl/N-ethyl adjacent to an activating group) is 1. The maximum absolute atomic E-state index is 12.6. The van der Waals surface area contributed by atoms with Crippen LogP contribution in [0.5, 0.6) is 0 Å². The number of ether oxygens (including phenoxy) is 3. The van der Waals surface area contributed by atoms with E-state index in [1.165, 1.54) is 19.3 Å². The number of rotatable bonds is 4. The van der Waals surface area contributed by atoms with Gasteiger partial charge in [-0.2, -0.15) is 0 Å². The van der Waals surface area contributed by atoms with E-state index in [2.05, 4.69) is 24.8 Å². The molecule has 0 aromatic heterocycles. The molecule has 140 valence electrons. The van der Waals surface area contributed by atoms with Crippen molar-refractivity contribution in [2.24, 2.45) is 23.2 Å². The smallest absolute Gasteiger partial charge is 0.311 e. The summed E-state index contributed by atoms with van der Waals surface area (Å²) in [4.78, 5) is 14.7. The van der Waals surface area contributed by atoms with E-state index in [0.717, 1.165) is 6.42 Å². The minimum absolute atomic E-state index is 0.0261. The molecule has 2 heterocycles. The first-order chi connectivity index (χ1) is 12.0. The van der Waals surface area contributed by atoms with E-state index < -0.39 is 0 Å². The second-order valence-corrected chi connectivity index (χ2v) is 8.73. The summed E-state index contributed by atoms with van der Waals surface area (Å²) in [7, 11) is 2.04. The highest BCUT2D eigenvalue weighted by Gasteiger charge is 2.51. The van der Waals surface area contributed by atoms with Crippen LogP contribution in [0.1, 0.15) is 39.5 Å². The molecule has 25 heavy (non-hydrogen) atoms. The van der Waals surface area contributed by atoms with E-state index in [0.29, 0.717) is 32.2 Å². The van der Waals surface area contributed by atoms with Crippen molar-refractivity contribution in [3.05, 3.63) is 11.6 Å². The molecule has 4 aliphatic rings. The fraction of sp³-hybridized carbons (Fsp3) is 0.850. The first-order valence-corrected chi connectivity index (χ1v) is 9.81. The molecule has 0 spiro atoms. The number of carbonyl (C=O) groups excluding carboxylic acids is 1. The SMILES string of the molecule is C[C@H]1CCC[C@]2(C)C[C@H]3OC(=O)C(CN(C)CC4OCCO4)[C@H]3C=C12. The maximum atomic E-state index is 12.6. The highest BCUT2D eigenvalue weighted by molar-refractivity contribution is 5.76. The third kappa shape index (κ3) is 3.26. The van der Waals surface area contributed by atoms with E-state index in [1.54, 1.807) is 5.57 Å². The summed E-state index contributed by atoms with van der Waals surface area (Å²) < 4.78 is 16.9. The van der Waals surface area contributed by atoms with E-state index in [1.807, 2.05) is 7.05 Å². The molecule has 1 unspecified atom stereocenters. The van der Waals surface area contributed by atoms with Crippen LogP contribution in [0.2, 0.25) is 0 Å². The van der Waals surface area contributed by atoms with Gasteiger partial charge in [-0.25, -0.2) is 0 Å². The molecule has 0 aromatic carbocycles. The quantitative estimate of drug-likeness (QED) is 0.577. The fourth-order valence-corrected chi connectivity index (χ4v) is 5.44. The molecule has 1 saturated carbocycles. The summed E-state index contributed by atoms with van der Waals surface area (Å²) in [6.07, 6.45) is 7.10. The average molecular weight is 349 g/mol. The Bertz CT molecular complexity index is 556. The van der Waals surface area contributed by atoms with Crippen LogP contribution in [0.15, 0.2) is 11.6 Å². The van der Waals surface area contributed by atoms with Gasteiger partial charge in [-0.3, -0.25) is 4.79 Å².